The number of hydrogen-bond donors (Lipinski definition) is 0. The van der Waals surface area contributed by atoms with Gasteiger partial charge in [0.25, 0.3) is 5.91 Å². The lowest BCUT2D eigenvalue weighted by atomic mass is 9.97. The highest BCUT2D eigenvalue weighted by atomic mass is 16.5. The summed E-state index contributed by atoms with van der Waals surface area (Å²) in [4.78, 5) is 28.9. The maximum atomic E-state index is 13.4. The number of carbonyl (C=O) groups excluding carboxylic acids is 2. The van der Waals surface area contributed by atoms with Gasteiger partial charge in [0.15, 0.2) is 0 Å². The number of aryl methyl sites for hydroxylation is 1. The first kappa shape index (κ1) is 22.0. The van der Waals surface area contributed by atoms with Crippen LogP contribution in [0, 0.1) is 6.92 Å². The average Bonchev–Trinajstić information content (AvgIpc) is 3.26. The normalized spacial score (nSPS) is 19.1. The van der Waals surface area contributed by atoms with Crippen molar-refractivity contribution in [2.45, 2.75) is 26.3 Å². The number of rotatable bonds is 5. The summed E-state index contributed by atoms with van der Waals surface area (Å²) in [6.45, 7) is 6.64. The summed E-state index contributed by atoms with van der Waals surface area (Å²) >= 11 is 0. The van der Waals surface area contributed by atoms with Crippen LogP contribution in [0.4, 0.5) is 0 Å². The molecule has 1 fully saturated rings. The van der Waals surface area contributed by atoms with Gasteiger partial charge in [-0.2, -0.15) is 5.10 Å². The molecule has 4 rings (SSSR count). The Hall–Kier alpha value is -3.19. The summed E-state index contributed by atoms with van der Waals surface area (Å²) in [6.07, 6.45) is 0.653. The van der Waals surface area contributed by atoms with E-state index in [-0.39, 0.29) is 17.9 Å². The van der Waals surface area contributed by atoms with Gasteiger partial charge in [0, 0.05) is 45.1 Å². The third-order valence-electron chi connectivity index (χ3n) is 6.21. The van der Waals surface area contributed by atoms with E-state index >= 15 is 0 Å². The predicted molar refractivity (Wildman–Crippen MR) is 124 cm³/mol. The van der Waals surface area contributed by atoms with E-state index in [1.807, 2.05) is 29.2 Å². The summed E-state index contributed by atoms with van der Waals surface area (Å²) in [5.41, 5.74) is 4.10. The largest absolute Gasteiger partial charge is 0.497 e. The zero-order chi connectivity index (χ0) is 22.7. The highest BCUT2D eigenvalue weighted by Crippen LogP contribution is 2.33. The molecule has 1 atom stereocenters. The molecule has 7 heteroatoms. The molecule has 0 aliphatic carbocycles. The maximum Gasteiger partial charge on any atom is 0.257 e. The lowest BCUT2D eigenvalue weighted by Crippen LogP contribution is -2.50. The molecule has 0 radical (unpaired) electrons. The van der Waals surface area contributed by atoms with Gasteiger partial charge in [0.1, 0.15) is 5.75 Å². The number of ether oxygens (including phenoxy) is 1. The Morgan fingerprint density at radius 1 is 1.06 bits per heavy atom. The van der Waals surface area contributed by atoms with Gasteiger partial charge < -0.3 is 9.64 Å². The first-order valence-electron chi connectivity index (χ1n) is 11.0. The molecular weight excluding hydrogens is 404 g/mol. The number of carbonyl (C=O) groups is 2. The van der Waals surface area contributed by atoms with Gasteiger partial charge in [-0.3, -0.25) is 14.5 Å². The number of hydrazone groups is 1. The van der Waals surface area contributed by atoms with Crippen molar-refractivity contribution < 1.29 is 14.3 Å². The van der Waals surface area contributed by atoms with Crippen LogP contribution in [0.1, 0.15) is 36.1 Å². The summed E-state index contributed by atoms with van der Waals surface area (Å²) in [5.74, 6) is 0.831. The number of methoxy groups -OCH3 is 1. The lowest BCUT2D eigenvalue weighted by Gasteiger charge is -2.34. The van der Waals surface area contributed by atoms with Gasteiger partial charge in [-0.25, -0.2) is 5.01 Å². The minimum Gasteiger partial charge on any atom is -0.497 e. The molecule has 32 heavy (non-hydrogen) atoms. The smallest absolute Gasteiger partial charge is 0.257 e. The van der Waals surface area contributed by atoms with E-state index in [9.17, 15) is 9.59 Å². The molecule has 0 spiro atoms. The Kier molecular flexibility index (Phi) is 6.55. The van der Waals surface area contributed by atoms with Crippen molar-refractivity contribution in [2.24, 2.45) is 5.10 Å². The number of piperazine rings is 1. The van der Waals surface area contributed by atoms with E-state index in [0.717, 1.165) is 22.6 Å². The van der Waals surface area contributed by atoms with Crippen LogP contribution in [0.25, 0.3) is 0 Å². The number of benzene rings is 2. The number of hydrogen-bond acceptors (Lipinski definition) is 5. The SMILES string of the molecule is COc1cccc(C2=NN(C(=O)CN3CCN(C(C)=O)CC3)C(c3ccc(C)cc3)C2)c1. The van der Waals surface area contributed by atoms with Gasteiger partial charge in [-0.1, -0.05) is 42.0 Å². The Bertz CT molecular complexity index is 1010. The van der Waals surface area contributed by atoms with Crippen molar-refractivity contribution in [3.05, 3.63) is 65.2 Å². The van der Waals surface area contributed by atoms with E-state index in [1.54, 1.807) is 19.0 Å². The minimum absolute atomic E-state index is 0.0234. The topological polar surface area (TPSA) is 65.5 Å². The van der Waals surface area contributed by atoms with E-state index in [1.165, 1.54) is 5.56 Å². The monoisotopic (exact) mass is 434 g/mol. The second kappa shape index (κ2) is 9.53. The quantitative estimate of drug-likeness (QED) is 0.726. The van der Waals surface area contributed by atoms with E-state index in [2.05, 4.69) is 36.1 Å². The standard InChI is InChI=1S/C25H30N4O3/c1-18-7-9-20(10-8-18)24-16-23(21-5-4-6-22(15-21)32-3)26-29(24)25(31)17-27-11-13-28(14-12-27)19(2)30/h4-10,15,24H,11-14,16-17H2,1-3H3. The van der Waals surface area contributed by atoms with Crippen LogP contribution in [-0.2, 0) is 9.59 Å². The van der Waals surface area contributed by atoms with Gasteiger partial charge in [0.05, 0.1) is 25.4 Å². The molecule has 7 nitrogen and oxygen atoms in total. The highest BCUT2D eigenvalue weighted by molar-refractivity contribution is 6.03. The Balaban J connectivity index is 1.55. The van der Waals surface area contributed by atoms with Crippen molar-refractivity contribution in [3.8, 4) is 5.75 Å². The molecule has 2 aliphatic rings. The third kappa shape index (κ3) is 4.83. The zero-order valence-corrected chi connectivity index (χ0v) is 19.0. The van der Waals surface area contributed by atoms with Gasteiger partial charge in [-0.15, -0.1) is 0 Å². The van der Waals surface area contributed by atoms with Crippen molar-refractivity contribution in [1.29, 1.82) is 0 Å². The molecule has 0 N–H and O–H groups in total. The van der Waals surface area contributed by atoms with E-state index in [4.69, 9.17) is 9.84 Å². The van der Waals surface area contributed by atoms with Crippen LogP contribution in [0.15, 0.2) is 53.6 Å². The molecule has 0 bridgehead atoms. The lowest BCUT2D eigenvalue weighted by molar-refractivity contribution is -0.135. The summed E-state index contributed by atoms with van der Waals surface area (Å²) in [6, 6.07) is 16.0. The first-order valence-corrected chi connectivity index (χ1v) is 11.0. The number of nitrogens with zero attached hydrogens (tertiary/aromatic N) is 4. The average molecular weight is 435 g/mol. The third-order valence-corrected chi connectivity index (χ3v) is 6.21. The summed E-state index contributed by atoms with van der Waals surface area (Å²) in [7, 11) is 1.65. The molecule has 1 unspecified atom stereocenters. The summed E-state index contributed by atoms with van der Waals surface area (Å²) < 4.78 is 5.37. The van der Waals surface area contributed by atoms with Crippen LogP contribution in [0.2, 0.25) is 0 Å². The molecule has 2 heterocycles. The van der Waals surface area contributed by atoms with Crippen LogP contribution in [-0.4, -0.2) is 72.2 Å². The molecule has 0 aromatic heterocycles. The Morgan fingerprint density at radius 2 is 1.78 bits per heavy atom. The van der Waals surface area contributed by atoms with Crippen LogP contribution in [0.3, 0.4) is 0 Å². The molecule has 2 aliphatic heterocycles. The minimum atomic E-state index is -0.136. The van der Waals surface area contributed by atoms with Crippen molar-refractivity contribution in [1.82, 2.24) is 14.8 Å². The van der Waals surface area contributed by atoms with Crippen LogP contribution < -0.4 is 4.74 Å². The van der Waals surface area contributed by atoms with Crippen molar-refractivity contribution in [3.63, 3.8) is 0 Å². The molecule has 2 amide bonds. The van der Waals surface area contributed by atoms with Gasteiger partial charge in [-0.05, 0) is 24.6 Å². The highest BCUT2D eigenvalue weighted by Gasteiger charge is 2.34. The molecule has 1 saturated heterocycles. The fourth-order valence-electron chi connectivity index (χ4n) is 4.25. The van der Waals surface area contributed by atoms with E-state index < -0.39 is 0 Å². The molecule has 2 aromatic rings. The van der Waals surface area contributed by atoms with Gasteiger partial charge >= 0.3 is 0 Å². The molecule has 168 valence electrons. The Morgan fingerprint density at radius 3 is 2.44 bits per heavy atom. The fraction of sp³-hybridized carbons (Fsp3) is 0.400. The van der Waals surface area contributed by atoms with Crippen molar-refractivity contribution in [2.75, 3.05) is 39.8 Å². The molecule has 2 aromatic carbocycles. The summed E-state index contributed by atoms with van der Waals surface area (Å²) in [5, 5.41) is 6.43. The predicted octanol–water partition coefficient (Wildman–Crippen LogP) is 2.85. The van der Waals surface area contributed by atoms with Gasteiger partial charge in [0.2, 0.25) is 5.91 Å². The first-order chi connectivity index (χ1) is 15.4. The zero-order valence-electron chi connectivity index (χ0n) is 19.0. The van der Waals surface area contributed by atoms with Crippen molar-refractivity contribution >= 4 is 17.5 Å². The molecular formula is C25H30N4O3. The Labute approximate surface area is 189 Å². The van der Waals surface area contributed by atoms with Crippen LogP contribution in [0.5, 0.6) is 5.75 Å². The molecule has 0 saturated carbocycles. The number of amides is 2. The van der Waals surface area contributed by atoms with E-state index in [0.29, 0.717) is 39.1 Å². The fourth-order valence-corrected chi connectivity index (χ4v) is 4.25. The second-order valence-corrected chi connectivity index (χ2v) is 8.43. The maximum absolute atomic E-state index is 13.4. The second-order valence-electron chi connectivity index (χ2n) is 8.43. The van der Waals surface area contributed by atoms with Crippen LogP contribution >= 0.6 is 0 Å².